The van der Waals surface area contributed by atoms with Gasteiger partial charge in [0.1, 0.15) is 12.4 Å². The number of nitrogens with one attached hydrogen (secondary N) is 1. The van der Waals surface area contributed by atoms with Gasteiger partial charge in [-0.3, -0.25) is 10.1 Å². The molecule has 7 heteroatoms. The van der Waals surface area contributed by atoms with Crippen LogP contribution in [0.5, 0.6) is 0 Å². The average molecular weight is 305 g/mol. The van der Waals surface area contributed by atoms with Crippen LogP contribution in [0.1, 0.15) is 23.0 Å². The minimum absolute atomic E-state index is 0.125. The molecule has 1 aliphatic heterocycles. The number of rotatable bonds is 2. The van der Waals surface area contributed by atoms with Crippen molar-refractivity contribution in [1.29, 1.82) is 0 Å². The van der Waals surface area contributed by atoms with Crippen molar-refractivity contribution in [3.8, 4) is 0 Å². The maximum atomic E-state index is 11.9. The number of methoxy groups -OCH3 is 1. The first-order chi connectivity index (χ1) is 10.2. The van der Waals surface area contributed by atoms with Crippen LogP contribution in [0.4, 0.5) is 0 Å². The zero-order valence-corrected chi connectivity index (χ0v) is 12.0. The van der Waals surface area contributed by atoms with Crippen molar-refractivity contribution in [2.75, 3.05) is 7.11 Å². The first-order valence-electron chi connectivity index (χ1n) is 6.45. The Morgan fingerprint density at radius 2 is 2.19 bits per heavy atom. The molecule has 2 unspecified atom stereocenters. The Hall–Kier alpha value is -2.05. The fraction of sp³-hybridized carbons (Fsp3) is 0.286. The van der Waals surface area contributed by atoms with Crippen LogP contribution in [-0.4, -0.2) is 34.1 Å². The molecule has 6 nitrogen and oxygen atoms in total. The molecule has 1 aromatic heterocycles. The van der Waals surface area contributed by atoms with Gasteiger partial charge in [0.25, 0.3) is 0 Å². The van der Waals surface area contributed by atoms with Gasteiger partial charge in [0.05, 0.1) is 13.2 Å². The molecule has 3 rings (SSSR count). The number of carbonyl (C=O) groups excluding carboxylic acids is 1. The van der Waals surface area contributed by atoms with E-state index in [4.69, 9.17) is 16.3 Å². The van der Waals surface area contributed by atoms with Crippen molar-refractivity contribution in [1.82, 2.24) is 20.3 Å². The molecule has 1 N–H and O–H groups in total. The van der Waals surface area contributed by atoms with E-state index < -0.39 is 6.04 Å². The molecule has 2 aromatic rings. The Labute approximate surface area is 126 Å². The molecule has 0 bridgehead atoms. The highest BCUT2D eigenvalue weighted by Gasteiger charge is 2.33. The molecule has 0 spiro atoms. The standard InChI is InChI=1S/C14H13ClN4O2/c1-21-13(20)10-6-8-4-2-3-5-9(8)11(18-10)12-16-7-17-14(15)19-12/h2-5,7,10-11,18H,6H2,1H3. The van der Waals surface area contributed by atoms with Gasteiger partial charge in [-0.2, -0.15) is 0 Å². The minimum Gasteiger partial charge on any atom is -0.468 e. The predicted octanol–water partition coefficient (Wildman–Crippen LogP) is 1.30. The summed E-state index contributed by atoms with van der Waals surface area (Å²) in [6, 6.07) is 7.09. The number of benzene rings is 1. The molecule has 21 heavy (non-hydrogen) atoms. The van der Waals surface area contributed by atoms with E-state index in [1.807, 2.05) is 24.3 Å². The zero-order valence-electron chi connectivity index (χ0n) is 11.3. The minimum atomic E-state index is -0.439. The van der Waals surface area contributed by atoms with Gasteiger partial charge >= 0.3 is 5.97 Å². The molecule has 0 amide bonds. The number of ether oxygens (including phenoxy) is 1. The third kappa shape index (κ3) is 2.72. The molecule has 2 atom stereocenters. The molecule has 0 saturated heterocycles. The third-order valence-corrected chi connectivity index (χ3v) is 3.65. The van der Waals surface area contributed by atoms with Crippen LogP contribution in [-0.2, 0) is 16.0 Å². The first-order valence-corrected chi connectivity index (χ1v) is 6.83. The van der Waals surface area contributed by atoms with Gasteiger partial charge in [-0.1, -0.05) is 24.3 Å². The summed E-state index contributed by atoms with van der Waals surface area (Å²) in [5.74, 6) is 0.172. The van der Waals surface area contributed by atoms with Crippen molar-refractivity contribution in [2.45, 2.75) is 18.5 Å². The Morgan fingerprint density at radius 1 is 1.38 bits per heavy atom. The summed E-state index contributed by atoms with van der Waals surface area (Å²) in [4.78, 5) is 23.9. The number of hydrogen-bond acceptors (Lipinski definition) is 6. The summed E-state index contributed by atoms with van der Waals surface area (Å²) < 4.78 is 4.83. The maximum Gasteiger partial charge on any atom is 0.323 e. The highest BCUT2D eigenvalue weighted by molar-refractivity contribution is 6.28. The first kappa shape index (κ1) is 13.9. The number of nitrogens with zero attached hydrogens (tertiary/aromatic N) is 3. The van der Waals surface area contributed by atoms with Gasteiger partial charge in [-0.15, -0.1) is 0 Å². The largest absolute Gasteiger partial charge is 0.468 e. The fourth-order valence-corrected chi connectivity index (χ4v) is 2.64. The van der Waals surface area contributed by atoms with Crippen molar-refractivity contribution in [2.24, 2.45) is 0 Å². The molecule has 2 heterocycles. The van der Waals surface area contributed by atoms with Gasteiger partial charge in [-0.05, 0) is 29.1 Å². The van der Waals surface area contributed by atoms with Crippen molar-refractivity contribution < 1.29 is 9.53 Å². The summed E-state index contributed by atoms with van der Waals surface area (Å²) in [6.07, 6.45) is 1.93. The Kier molecular flexibility index (Phi) is 3.81. The van der Waals surface area contributed by atoms with E-state index in [0.717, 1.165) is 11.1 Å². The van der Waals surface area contributed by atoms with E-state index in [1.165, 1.54) is 13.4 Å². The van der Waals surface area contributed by atoms with Gasteiger partial charge in [0.15, 0.2) is 5.82 Å². The van der Waals surface area contributed by atoms with E-state index >= 15 is 0 Å². The van der Waals surface area contributed by atoms with E-state index in [0.29, 0.717) is 12.2 Å². The second kappa shape index (κ2) is 5.75. The van der Waals surface area contributed by atoms with Crippen LogP contribution in [0.3, 0.4) is 0 Å². The lowest BCUT2D eigenvalue weighted by Gasteiger charge is -2.30. The lowest BCUT2D eigenvalue weighted by Crippen LogP contribution is -2.46. The quantitative estimate of drug-likeness (QED) is 0.843. The molecule has 0 saturated carbocycles. The summed E-state index contributed by atoms with van der Waals surface area (Å²) in [5, 5.41) is 3.34. The van der Waals surface area contributed by atoms with Gasteiger partial charge in [0.2, 0.25) is 5.28 Å². The molecule has 0 radical (unpaired) electrons. The van der Waals surface area contributed by atoms with E-state index in [1.54, 1.807) is 0 Å². The van der Waals surface area contributed by atoms with Gasteiger partial charge < -0.3 is 4.74 Å². The normalized spacial score (nSPS) is 20.7. The predicted molar refractivity (Wildman–Crippen MR) is 75.8 cm³/mol. The number of halogens is 1. The smallest absolute Gasteiger partial charge is 0.323 e. The molecule has 0 aliphatic carbocycles. The highest BCUT2D eigenvalue weighted by Crippen LogP contribution is 2.29. The number of hydrogen-bond donors (Lipinski definition) is 1. The Morgan fingerprint density at radius 3 is 2.95 bits per heavy atom. The van der Waals surface area contributed by atoms with Crippen molar-refractivity contribution >= 4 is 17.6 Å². The number of esters is 1. The molecule has 0 fully saturated rings. The molecule has 1 aliphatic rings. The summed E-state index contributed by atoms with van der Waals surface area (Å²) in [7, 11) is 1.37. The van der Waals surface area contributed by atoms with E-state index in [9.17, 15) is 4.79 Å². The van der Waals surface area contributed by atoms with Crippen LogP contribution in [0.15, 0.2) is 30.6 Å². The highest BCUT2D eigenvalue weighted by atomic mass is 35.5. The lowest BCUT2D eigenvalue weighted by atomic mass is 9.90. The van der Waals surface area contributed by atoms with E-state index in [-0.39, 0.29) is 17.3 Å². The number of aromatic nitrogens is 3. The molecule has 1 aromatic carbocycles. The number of fused-ring (bicyclic) bond motifs is 1. The maximum absolute atomic E-state index is 11.9. The summed E-state index contributed by atoms with van der Waals surface area (Å²) in [5.41, 5.74) is 2.09. The van der Waals surface area contributed by atoms with Crippen molar-refractivity contribution in [3.05, 3.63) is 52.8 Å². The van der Waals surface area contributed by atoms with Gasteiger partial charge in [-0.25, -0.2) is 15.0 Å². The average Bonchev–Trinajstić information content (AvgIpc) is 2.53. The van der Waals surface area contributed by atoms with Crippen LogP contribution in [0.25, 0.3) is 0 Å². The summed E-state index contributed by atoms with van der Waals surface area (Å²) in [6.45, 7) is 0. The monoisotopic (exact) mass is 304 g/mol. The molecular formula is C14H13ClN4O2. The molecule has 108 valence electrons. The Bertz CT molecular complexity index is 680. The van der Waals surface area contributed by atoms with Crippen LogP contribution < -0.4 is 5.32 Å². The van der Waals surface area contributed by atoms with Gasteiger partial charge in [0, 0.05) is 0 Å². The second-order valence-electron chi connectivity index (χ2n) is 4.69. The van der Waals surface area contributed by atoms with Crippen molar-refractivity contribution in [3.63, 3.8) is 0 Å². The molecular weight excluding hydrogens is 292 g/mol. The number of carbonyl (C=O) groups is 1. The third-order valence-electron chi connectivity index (χ3n) is 3.46. The SMILES string of the molecule is COC(=O)C1Cc2ccccc2C(c2ncnc(Cl)n2)N1. The lowest BCUT2D eigenvalue weighted by molar-refractivity contribution is -0.143. The fourth-order valence-electron chi connectivity index (χ4n) is 2.51. The Balaban J connectivity index is 2.04. The zero-order chi connectivity index (χ0) is 14.8. The van der Waals surface area contributed by atoms with Crippen LogP contribution in [0, 0.1) is 0 Å². The van der Waals surface area contributed by atoms with Crippen LogP contribution in [0.2, 0.25) is 5.28 Å². The topological polar surface area (TPSA) is 77.0 Å². The van der Waals surface area contributed by atoms with Crippen LogP contribution >= 0.6 is 11.6 Å². The van der Waals surface area contributed by atoms with E-state index in [2.05, 4.69) is 20.3 Å². The second-order valence-corrected chi connectivity index (χ2v) is 5.03. The summed E-state index contributed by atoms with van der Waals surface area (Å²) >= 11 is 5.84.